The van der Waals surface area contributed by atoms with Crippen molar-refractivity contribution in [3.05, 3.63) is 164 Å². The molecule has 0 aliphatic rings. The van der Waals surface area contributed by atoms with E-state index >= 15 is 0 Å². The lowest BCUT2D eigenvalue weighted by Gasteiger charge is -2.13. The molecule has 0 saturated heterocycles. The first-order valence-electron chi connectivity index (χ1n) is 17.7. The maximum Gasteiger partial charge on any atom is 0.236 e. The van der Waals surface area contributed by atoms with Crippen molar-refractivity contribution in [3.8, 4) is 17.2 Å². The van der Waals surface area contributed by atoms with Crippen LogP contribution in [0.15, 0.2) is 164 Å². The number of rotatable bonds is 2. The Morgan fingerprint density at radius 2 is 0.981 bits per heavy atom. The molecule has 3 aromatic heterocycles. The molecule has 0 N–H and O–H groups in total. The molecule has 240 valence electrons. The summed E-state index contributed by atoms with van der Waals surface area (Å²) in [6.07, 6.45) is 0. The van der Waals surface area contributed by atoms with Crippen LogP contribution in [0.5, 0.6) is 0 Å². The third-order valence-corrected chi connectivity index (χ3v) is 12.0. The Kier molecular flexibility index (Phi) is 5.65. The Balaban J connectivity index is 1.28. The van der Waals surface area contributed by atoms with Gasteiger partial charge in [0.25, 0.3) is 0 Å². The summed E-state index contributed by atoms with van der Waals surface area (Å²) in [5, 5.41) is 17.1. The SMILES string of the molecule is c1ccc2cc(-c3nc(-n4c5cc6ccccc6cc5c5c6c7ccccc7c7ccccc7c6ccc54)nc4sc5ccccc5c34)ccc2c1. The summed E-state index contributed by atoms with van der Waals surface area (Å²) in [6, 6.07) is 59.5. The van der Waals surface area contributed by atoms with Crippen molar-refractivity contribution in [3.63, 3.8) is 0 Å². The fraction of sp³-hybridized carbons (Fsp3) is 0. The van der Waals surface area contributed by atoms with Crippen LogP contribution >= 0.6 is 11.3 Å². The van der Waals surface area contributed by atoms with Gasteiger partial charge in [-0.3, -0.25) is 4.57 Å². The Morgan fingerprint density at radius 1 is 0.385 bits per heavy atom. The Bertz CT molecular complexity index is 3440. The molecular weight excluding hydrogens is 651 g/mol. The van der Waals surface area contributed by atoms with E-state index in [9.17, 15) is 0 Å². The van der Waals surface area contributed by atoms with Crippen molar-refractivity contribution in [1.82, 2.24) is 14.5 Å². The van der Waals surface area contributed by atoms with E-state index in [1.54, 1.807) is 11.3 Å². The standard InChI is InChI=1S/C48H27N3S/c1-2-12-29-25-32(22-21-28(29)11-1)46-45-38-19-9-10-20-42(38)52-47(45)50-48(49-46)51-40-24-23-37-35-17-6-5-15-33(35)34-16-7-8-18-36(34)43(37)44(40)39-26-30-13-3-4-14-31(30)27-41(39)51/h1-27H. The molecule has 0 saturated carbocycles. The van der Waals surface area contributed by atoms with Crippen LogP contribution in [0.2, 0.25) is 0 Å². The molecule has 0 amide bonds. The van der Waals surface area contributed by atoms with Crippen LogP contribution in [-0.4, -0.2) is 14.5 Å². The van der Waals surface area contributed by atoms with Gasteiger partial charge < -0.3 is 0 Å². The quantitative estimate of drug-likeness (QED) is 0.171. The van der Waals surface area contributed by atoms with E-state index in [2.05, 4.69) is 168 Å². The Morgan fingerprint density at radius 3 is 1.75 bits per heavy atom. The van der Waals surface area contributed by atoms with Crippen molar-refractivity contribution in [2.75, 3.05) is 0 Å². The summed E-state index contributed by atoms with van der Waals surface area (Å²) in [6.45, 7) is 0. The average molecular weight is 678 g/mol. The van der Waals surface area contributed by atoms with Crippen molar-refractivity contribution in [2.45, 2.75) is 0 Å². The summed E-state index contributed by atoms with van der Waals surface area (Å²) in [5.74, 6) is 0.682. The highest BCUT2D eigenvalue weighted by Gasteiger charge is 2.23. The summed E-state index contributed by atoms with van der Waals surface area (Å²) in [7, 11) is 0. The van der Waals surface area contributed by atoms with E-state index in [1.807, 2.05) is 0 Å². The van der Waals surface area contributed by atoms with E-state index in [-0.39, 0.29) is 0 Å². The first kappa shape index (κ1) is 28.1. The summed E-state index contributed by atoms with van der Waals surface area (Å²) in [4.78, 5) is 12.0. The average Bonchev–Trinajstić information content (AvgIpc) is 3.74. The van der Waals surface area contributed by atoms with E-state index in [4.69, 9.17) is 9.97 Å². The van der Waals surface area contributed by atoms with Gasteiger partial charge in [-0.25, -0.2) is 9.97 Å². The zero-order chi connectivity index (χ0) is 33.9. The fourth-order valence-corrected chi connectivity index (χ4v) is 9.73. The van der Waals surface area contributed by atoms with E-state index in [1.165, 1.54) is 74.7 Å². The second-order valence-corrected chi connectivity index (χ2v) is 14.8. The smallest absolute Gasteiger partial charge is 0.236 e. The normalized spacial score (nSPS) is 12.2. The van der Waals surface area contributed by atoms with E-state index in [0.29, 0.717) is 5.95 Å². The van der Waals surface area contributed by atoms with Gasteiger partial charge >= 0.3 is 0 Å². The predicted octanol–water partition coefficient (Wildman–Crippen LogP) is 13.4. The lowest BCUT2D eigenvalue weighted by Crippen LogP contribution is -2.02. The highest BCUT2D eigenvalue weighted by molar-refractivity contribution is 7.25. The molecule has 3 nitrogen and oxygen atoms in total. The third kappa shape index (κ3) is 3.84. The van der Waals surface area contributed by atoms with Crippen LogP contribution in [0, 0.1) is 0 Å². The molecule has 0 atom stereocenters. The first-order valence-corrected chi connectivity index (χ1v) is 18.5. The monoisotopic (exact) mass is 677 g/mol. The van der Waals surface area contributed by atoms with Crippen LogP contribution in [-0.2, 0) is 0 Å². The van der Waals surface area contributed by atoms with Gasteiger partial charge in [0, 0.05) is 37.2 Å². The Labute approximate surface area is 301 Å². The highest BCUT2D eigenvalue weighted by atomic mass is 32.1. The lowest BCUT2D eigenvalue weighted by atomic mass is 9.91. The van der Waals surface area contributed by atoms with Gasteiger partial charge in [-0.2, -0.15) is 0 Å². The lowest BCUT2D eigenvalue weighted by molar-refractivity contribution is 1.02. The zero-order valence-electron chi connectivity index (χ0n) is 27.8. The van der Waals surface area contributed by atoms with Crippen molar-refractivity contribution in [2.24, 2.45) is 0 Å². The molecule has 3 heterocycles. The number of hydrogen-bond donors (Lipinski definition) is 0. The molecule has 0 radical (unpaired) electrons. The topological polar surface area (TPSA) is 30.7 Å². The van der Waals surface area contributed by atoms with Gasteiger partial charge in [-0.05, 0) is 78.8 Å². The van der Waals surface area contributed by atoms with Crippen molar-refractivity contribution < 1.29 is 0 Å². The van der Waals surface area contributed by atoms with Crippen LogP contribution in [0.25, 0.3) is 113 Å². The molecule has 0 bridgehead atoms. The van der Waals surface area contributed by atoms with Gasteiger partial charge in [0.05, 0.1) is 16.7 Å². The largest absolute Gasteiger partial charge is 0.278 e. The van der Waals surface area contributed by atoms with Crippen LogP contribution in [0.4, 0.5) is 0 Å². The Hall–Kier alpha value is -6.62. The minimum Gasteiger partial charge on any atom is -0.278 e. The van der Waals surface area contributed by atoms with E-state index in [0.717, 1.165) is 32.5 Å². The van der Waals surface area contributed by atoms with E-state index < -0.39 is 0 Å². The highest BCUT2D eigenvalue weighted by Crippen LogP contribution is 2.45. The van der Waals surface area contributed by atoms with Gasteiger partial charge in [0.1, 0.15) is 4.83 Å². The van der Waals surface area contributed by atoms with Gasteiger partial charge in [-0.15, -0.1) is 11.3 Å². The van der Waals surface area contributed by atoms with Crippen LogP contribution in [0.1, 0.15) is 0 Å². The van der Waals surface area contributed by atoms with Crippen molar-refractivity contribution >= 4 is 107 Å². The minimum atomic E-state index is 0.682. The summed E-state index contributed by atoms with van der Waals surface area (Å²) in [5.41, 5.74) is 4.24. The fourth-order valence-electron chi connectivity index (χ4n) is 8.66. The molecule has 0 spiro atoms. The number of thiophene rings is 1. The molecule has 12 rings (SSSR count). The molecule has 0 unspecified atom stereocenters. The minimum absolute atomic E-state index is 0.682. The number of benzene rings is 9. The molecule has 4 heteroatoms. The second-order valence-electron chi connectivity index (χ2n) is 13.7. The zero-order valence-corrected chi connectivity index (χ0v) is 28.7. The second kappa shape index (κ2) is 10.5. The molecule has 52 heavy (non-hydrogen) atoms. The molecule has 9 aromatic carbocycles. The van der Waals surface area contributed by atoms with Crippen LogP contribution < -0.4 is 0 Å². The maximum atomic E-state index is 5.57. The van der Waals surface area contributed by atoms with Gasteiger partial charge in [0.2, 0.25) is 5.95 Å². The number of fused-ring (bicyclic) bond motifs is 15. The molecule has 12 aromatic rings. The summed E-state index contributed by atoms with van der Waals surface area (Å²) >= 11 is 1.74. The van der Waals surface area contributed by atoms with Gasteiger partial charge in [-0.1, -0.05) is 133 Å². The molecular formula is C48H27N3S. The first-order chi connectivity index (χ1) is 25.8. The van der Waals surface area contributed by atoms with Crippen LogP contribution in [0.3, 0.4) is 0 Å². The molecule has 0 fully saturated rings. The third-order valence-electron chi connectivity index (χ3n) is 11.0. The maximum absolute atomic E-state index is 5.57. The predicted molar refractivity (Wildman–Crippen MR) is 222 cm³/mol. The van der Waals surface area contributed by atoms with Crippen molar-refractivity contribution in [1.29, 1.82) is 0 Å². The number of hydrogen-bond acceptors (Lipinski definition) is 3. The number of aromatic nitrogens is 3. The van der Waals surface area contributed by atoms with Gasteiger partial charge in [0.15, 0.2) is 0 Å². The molecule has 0 aliphatic carbocycles. The summed E-state index contributed by atoms with van der Waals surface area (Å²) < 4.78 is 3.53. The molecule has 0 aliphatic heterocycles. The number of nitrogens with zero attached hydrogens (tertiary/aromatic N) is 3.